The van der Waals surface area contributed by atoms with Crippen molar-refractivity contribution >= 4 is 10.0 Å². The van der Waals surface area contributed by atoms with E-state index >= 15 is 0 Å². The van der Waals surface area contributed by atoms with Gasteiger partial charge in [-0.05, 0) is 31.7 Å². The number of sulfonamides is 1. The number of nitrogens with two attached hydrogens (primary N) is 1. The molecule has 0 aliphatic heterocycles. The second-order valence-electron chi connectivity index (χ2n) is 5.95. The van der Waals surface area contributed by atoms with Crippen LogP contribution in [0.1, 0.15) is 46.4 Å². The zero-order valence-corrected chi connectivity index (χ0v) is 13.9. The first-order valence-corrected chi connectivity index (χ1v) is 8.57. The molecule has 0 spiro atoms. The Balaban J connectivity index is 2.93. The zero-order valence-electron chi connectivity index (χ0n) is 13.1. The van der Waals surface area contributed by atoms with Gasteiger partial charge in [0.2, 0.25) is 10.0 Å². The fourth-order valence-electron chi connectivity index (χ4n) is 1.85. The molecule has 0 amide bonds. The van der Waals surface area contributed by atoms with Gasteiger partial charge < -0.3 is 10.3 Å². The highest BCUT2D eigenvalue weighted by atomic mass is 32.2. The van der Waals surface area contributed by atoms with Gasteiger partial charge in [0, 0.05) is 31.0 Å². The molecule has 1 heterocycles. The largest absolute Gasteiger partial charge is 0.346 e. The van der Waals surface area contributed by atoms with Gasteiger partial charge in [0.25, 0.3) is 0 Å². The zero-order chi connectivity index (χ0) is 15.5. The van der Waals surface area contributed by atoms with Crippen LogP contribution in [0.3, 0.4) is 0 Å². The maximum Gasteiger partial charge on any atom is 0.242 e. The predicted molar refractivity (Wildman–Crippen MR) is 81.9 cm³/mol. The van der Waals surface area contributed by atoms with Crippen molar-refractivity contribution in [2.45, 2.75) is 52.1 Å². The number of nitrogens with one attached hydrogen (secondary N) is 1. The van der Waals surface area contributed by atoms with Gasteiger partial charge in [-0.1, -0.05) is 20.8 Å². The molecule has 1 atom stereocenters. The summed E-state index contributed by atoms with van der Waals surface area (Å²) in [6.07, 6.45) is 1.66. The van der Waals surface area contributed by atoms with Gasteiger partial charge >= 0.3 is 0 Å². The first kappa shape index (κ1) is 17.2. The molecule has 116 valence electrons. The van der Waals surface area contributed by atoms with Crippen molar-refractivity contribution in [2.75, 3.05) is 6.54 Å². The topological polar surface area (TPSA) is 77.1 Å². The van der Waals surface area contributed by atoms with Crippen LogP contribution in [0.2, 0.25) is 0 Å². The van der Waals surface area contributed by atoms with Crippen LogP contribution >= 0.6 is 0 Å². The summed E-state index contributed by atoms with van der Waals surface area (Å²) in [7, 11) is -3.46. The van der Waals surface area contributed by atoms with Crippen LogP contribution in [0.15, 0.2) is 17.2 Å². The summed E-state index contributed by atoms with van der Waals surface area (Å²) in [5.41, 5.74) is 6.50. The van der Waals surface area contributed by atoms with E-state index in [0.29, 0.717) is 29.8 Å². The average molecular weight is 301 g/mol. The molecule has 1 aromatic heterocycles. The first-order valence-electron chi connectivity index (χ1n) is 7.09. The second-order valence-corrected chi connectivity index (χ2v) is 7.71. The Hall–Kier alpha value is -0.850. The van der Waals surface area contributed by atoms with E-state index in [9.17, 15) is 8.42 Å². The molecule has 6 heteroatoms. The molecular weight excluding hydrogens is 274 g/mol. The lowest BCUT2D eigenvalue weighted by atomic mass is 9.99. The fraction of sp³-hybridized carbons (Fsp3) is 0.714. The summed E-state index contributed by atoms with van der Waals surface area (Å²) in [5.74, 6) is 0.739. The van der Waals surface area contributed by atoms with Crippen LogP contribution in [-0.4, -0.2) is 19.5 Å². The Kier molecular flexibility index (Phi) is 5.79. The molecule has 3 N–H and O–H groups in total. The lowest BCUT2D eigenvalue weighted by molar-refractivity contribution is 0.414. The third-order valence-corrected chi connectivity index (χ3v) is 5.11. The molecule has 0 aromatic carbocycles. The number of nitrogens with zero attached hydrogens (tertiary/aromatic N) is 1. The maximum atomic E-state index is 12.3. The summed E-state index contributed by atoms with van der Waals surface area (Å²) in [5, 5.41) is 0. The minimum atomic E-state index is -3.46. The summed E-state index contributed by atoms with van der Waals surface area (Å²) >= 11 is 0. The minimum absolute atomic E-state index is 0.187. The molecule has 0 saturated carbocycles. The van der Waals surface area contributed by atoms with Crippen molar-refractivity contribution in [3.63, 3.8) is 0 Å². The van der Waals surface area contributed by atoms with Crippen LogP contribution in [0, 0.1) is 11.8 Å². The van der Waals surface area contributed by atoms with Crippen LogP contribution < -0.4 is 10.5 Å². The third kappa shape index (κ3) is 4.07. The van der Waals surface area contributed by atoms with E-state index in [1.54, 1.807) is 12.3 Å². The number of hydrogen-bond acceptors (Lipinski definition) is 3. The van der Waals surface area contributed by atoms with E-state index in [-0.39, 0.29) is 6.04 Å². The molecule has 5 nitrogen and oxygen atoms in total. The molecule has 1 unspecified atom stereocenters. The fourth-order valence-corrected chi connectivity index (χ4v) is 3.04. The van der Waals surface area contributed by atoms with E-state index in [1.165, 1.54) is 0 Å². The van der Waals surface area contributed by atoms with Gasteiger partial charge in [-0.15, -0.1) is 0 Å². The summed E-state index contributed by atoms with van der Waals surface area (Å²) in [6.45, 7) is 11.0. The van der Waals surface area contributed by atoms with E-state index in [4.69, 9.17) is 5.73 Å². The van der Waals surface area contributed by atoms with Crippen LogP contribution in [0.4, 0.5) is 0 Å². The summed E-state index contributed by atoms with van der Waals surface area (Å²) < 4.78 is 29.2. The highest BCUT2D eigenvalue weighted by Crippen LogP contribution is 2.19. The van der Waals surface area contributed by atoms with Crippen molar-refractivity contribution in [3.05, 3.63) is 18.0 Å². The van der Waals surface area contributed by atoms with E-state index in [1.807, 2.05) is 25.3 Å². The lowest BCUT2D eigenvalue weighted by Crippen LogP contribution is -2.30. The Morgan fingerprint density at radius 2 is 1.85 bits per heavy atom. The van der Waals surface area contributed by atoms with Gasteiger partial charge in [-0.3, -0.25) is 0 Å². The molecule has 0 saturated heterocycles. The molecule has 1 rings (SSSR count). The summed E-state index contributed by atoms with van der Waals surface area (Å²) in [6, 6.07) is 1.84. The van der Waals surface area contributed by atoms with Gasteiger partial charge in [-0.2, -0.15) is 0 Å². The van der Waals surface area contributed by atoms with Gasteiger partial charge in [0.1, 0.15) is 0 Å². The molecule has 1 aromatic rings. The monoisotopic (exact) mass is 301 g/mol. The highest BCUT2D eigenvalue weighted by Gasteiger charge is 2.20. The quantitative estimate of drug-likeness (QED) is 0.809. The standard InChI is InChI=1S/C14H27N3O2S/c1-10(2)12(5)8-16-20(18,19)14-6-13(7-15)17(9-14)11(3)4/h6,9-12,16H,7-8,15H2,1-5H3. The summed E-state index contributed by atoms with van der Waals surface area (Å²) in [4.78, 5) is 0.294. The number of aromatic nitrogens is 1. The van der Waals surface area contributed by atoms with Crippen LogP contribution in [0.25, 0.3) is 0 Å². The van der Waals surface area contributed by atoms with Crippen molar-refractivity contribution in [1.29, 1.82) is 0 Å². The Morgan fingerprint density at radius 3 is 2.25 bits per heavy atom. The van der Waals surface area contributed by atoms with Crippen LogP contribution in [0.5, 0.6) is 0 Å². The first-order chi connectivity index (χ1) is 9.19. The predicted octanol–water partition coefficient (Wildman–Crippen LogP) is 2.10. The molecular formula is C14H27N3O2S. The molecule has 20 heavy (non-hydrogen) atoms. The lowest BCUT2D eigenvalue weighted by Gasteiger charge is -2.15. The van der Waals surface area contributed by atoms with Crippen molar-refractivity contribution < 1.29 is 8.42 Å². The maximum absolute atomic E-state index is 12.3. The van der Waals surface area contributed by atoms with Crippen LogP contribution in [-0.2, 0) is 16.6 Å². The van der Waals surface area contributed by atoms with E-state index < -0.39 is 10.0 Å². The van der Waals surface area contributed by atoms with Gasteiger partial charge in [0.15, 0.2) is 0 Å². The Bertz CT molecular complexity index is 533. The molecule has 0 aliphatic rings. The Morgan fingerprint density at radius 1 is 1.25 bits per heavy atom. The highest BCUT2D eigenvalue weighted by molar-refractivity contribution is 7.89. The van der Waals surface area contributed by atoms with Crippen molar-refractivity contribution in [2.24, 2.45) is 17.6 Å². The molecule has 0 bridgehead atoms. The normalized spacial score (nSPS) is 14.2. The minimum Gasteiger partial charge on any atom is -0.346 e. The number of rotatable bonds is 7. The SMILES string of the molecule is CC(C)C(C)CNS(=O)(=O)c1cc(CN)n(C(C)C)c1. The smallest absolute Gasteiger partial charge is 0.242 e. The van der Waals surface area contributed by atoms with E-state index in [0.717, 1.165) is 5.69 Å². The third-order valence-electron chi connectivity index (χ3n) is 3.72. The second kappa shape index (κ2) is 6.74. The molecule has 0 fully saturated rings. The van der Waals surface area contributed by atoms with Gasteiger partial charge in [-0.25, -0.2) is 13.1 Å². The van der Waals surface area contributed by atoms with Crippen molar-refractivity contribution in [1.82, 2.24) is 9.29 Å². The Labute approximate surface area is 122 Å². The number of hydrogen-bond donors (Lipinski definition) is 2. The molecule has 0 radical (unpaired) electrons. The van der Waals surface area contributed by atoms with Gasteiger partial charge in [0.05, 0.1) is 4.90 Å². The average Bonchev–Trinajstić information content (AvgIpc) is 2.80. The molecule has 0 aliphatic carbocycles. The van der Waals surface area contributed by atoms with Crippen molar-refractivity contribution in [3.8, 4) is 0 Å². The van der Waals surface area contributed by atoms with E-state index in [2.05, 4.69) is 18.6 Å².